The van der Waals surface area contributed by atoms with Gasteiger partial charge in [-0.05, 0) is 31.7 Å². The molecule has 1 aromatic rings. The van der Waals surface area contributed by atoms with Crippen LogP contribution in [0.15, 0.2) is 12.3 Å². The van der Waals surface area contributed by atoms with Crippen molar-refractivity contribution in [1.82, 2.24) is 9.97 Å². The molecule has 0 bridgehead atoms. The molecule has 0 amide bonds. The third-order valence-electron chi connectivity index (χ3n) is 3.86. The summed E-state index contributed by atoms with van der Waals surface area (Å²) in [5.74, 6) is 1.11. The molecule has 3 atom stereocenters. The normalized spacial score (nSPS) is 29.6. The number of nitriles is 1. The fourth-order valence-electron chi connectivity index (χ4n) is 2.91. The summed E-state index contributed by atoms with van der Waals surface area (Å²) in [5.41, 5.74) is -0.114. The van der Waals surface area contributed by atoms with Crippen LogP contribution in [0, 0.1) is 29.6 Å². The summed E-state index contributed by atoms with van der Waals surface area (Å²) in [6, 6.07) is 4.06. The van der Waals surface area contributed by atoms with Crippen molar-refractivity contribution >= 4 is 0 Å². The van der Waals surface area contributed by atoms with E-state index in [-0.39, 0.29) is 0 Å². The lowest BCUT2D eigenvalue weighted by Gasteiger charge is -2.37. The Balaban J connectivity index is 2.30. The highest BCUT2D eigenvalue weighted by atomic mass is 16.3. The summed E-state index contributed by atoms with van der Waals surface area (Å²) >= 11 is 0. The number of aromatic nitrogens is 2. The lowest BCUT2D eigenvalue weighted by atomic mass is 9.67. The Kier molecular flexibility index (Phi) is 3.63. The molecule has 1 aliphatic rings. The molecule has 4 nitrogen and oxygen atoms in total. The highest BCUT2D eigenvalue weighted by Gasteiger charge is 2.43. The van der Waals surface area contributed by atoms with E-state index in [9.17, 15) is 10.4 Å². The molecule has 0 aromatic carbocycles. The molecule has 0 aliphatic heterocycles. The third kappa shape index (κ3) is 2.37. The highest BCUT2D eigenvalue weighted by molar-refractivity contribution is 5.16. The predicted molar refractivity (Wildman–Crippen MR) is 67.4 cm³/mol. The second-order valence-corrected chi connectivity index (χ2v) is 5.40. The fourth-order valence-corrected chi connectivity index (χ4v) is 2.91. The van der Waals surface area contributed by atoms with Crippen molar-refractivity contribution in [2.75, 3.05) is 0 Å². The Bertz CT molecular complexity index is 468. The van der Waals surface area contributed by atoms with Crippen LogP contribution in [0.4, 0.5) is 0 Å². The summed E-state index contributed by atoms with van der Waals surface area (Å²) in [7, 11) is 0. The molecule has 18 heavy (non-hydrogen) atoms. The minimum absolute atomic E-state index is 0.482. The molecule has 1 aliphatic carbocycles. The van der Waals surface area contributed by atoms with Gasteiger partial charge in [0.25, 0.3) is 0 Å². The van der Waals surface area contributed by atoms with E-state index in [2.05, 4.69) is 23.0 Å². The second kappa shape index (κ2) is 5.03. The molecule has 1 saturated carbocycles. The number of hydrogen-bond acceptors (Lipinski definition) is 4. The van der Waals surface area contributed by atoms with E-state index < -0.39 is 11.5 Å². The van der Waals surface area contributed by atoms with Crippen molar-refractivity contribution in [1.29, 1.82) is 5.26 Å². The molecular weight excluding hydrogens is 226 g/mol. The molecule has 1 aromatic heterocycles. The van der Waals surface area contributed by atoms with Crippen LogP contribution in [0.25, 0.3) is 0 Å². The van der Waals surface area contributed by atoms with Crippen LogP contribution < -0.4 is 0 Å². The Morgan fingerprint density at radius 2 is 2.39 bits per heavy atom. The molecule has 0 radical (unpaired) electrons. The lowest BCUT2D eigenvalue weighted by Crippen LogP contribution is -2.33. The zero-order chi connectivity index (χ0) is 13.2. The van der Waals surface area contributed by atoms with Gasteiger partial charge in [0.2, 0.25) is 0 Å². The monoisotopic (exact) mass is 245 g/mol. The fraction of sp³-hybridized carbons (Fsp3) is 0.643. The van der Waals surface area contributed by atoms with Crippen molar-refractivity contribution < 1.29 is 5.11 Å². The number of rotatable bonds is 2. The van der Waals surface area contributed by atoms with Gasteiger partial charge in [0.15, 0.2) is 0 Å². The van der Waals surface area contributed by atoms with Crippen LogP contribution in [-0.2, 0) is 0 Å². The first-order valence-electron chi connectivity index (χ1n) is 6.46. The molecule has 4 heteroatoms. The lowest BCUT2D eigenvalue weighted by molar-refractivity contribution is 0.0188. The summed E-state index contributed by atoms with van der Waals surface area (Å²) in [6.07, 6.45) is 4.45. The quantitative estimate of drug-likeness (QED) is 0.869. The van der Waals surface area contributed by atoms with Crippen LogP contribution in [0.2, 0.25) is 0 Å². The topological polar surface area (TPSA) is 69.8 Å². The first kappa shape index (κ1) is 13.0. The average Bonchev–Trinajstić information content (AvgIpc) is 2.37. The number of hydrogen-bond donors (Lipinski definition) is 1. The minimum Gasteiger partial charge on any atom is -0.385 e. The number of nitrogens with zero attached hydrogens (tertiary/aromatic N) is 3. The minimum atomic E-state index is -0.813. The molecule has 1 heterocycles. The number of aliphatic hydroxyl groups is 1. The van der Waals surface area contributed by atoms with Crippen LogP contribution in [-0.4, -0.2) is 15.1 Å². The van der Waals surface area contributed by atoms with E-state index in [1.54, 1.807) is 19.2 Å². The van der Waals surface area contributed by atoms with Crippen LogP contribution in [0.3, 0.4) is 0 Å². The van der Waals surface area contributed by atoms with Gasteiger partial charge in [-0.2, -0.15) is 5.26 Å². The van der Waals surface area contributed by atoms with Crippen LogP contribution in [0.5, 0.6) is 0 Å². The van der Waals surface area contributed by atoms with Crippen molar-refractivity contribution in [3.8, 4) is 6.07 Å². The highest BCUT2D eigenvalue weighted by Crippen LogP contribution is 2.46. The smallest absolute Gasteiger partial charge is 0.125 e. The molecule has 3 unspecified atom stereocenters. The SMILES string of the molecule is Cc1nccc(C(O)C2(C#N)CCCC(C)C2)n1. The van der Waals surface area contributed by atoms with Gasteiger partial charge in [-0.3, -0.25) is 0 Å². The summed E-state index contributed by atoms with van der Waals surface area (Å²) in [6.45, 7) is 3.93. The van der Waals surface area contributed by atoms with Crippen molar-refractivity contribution in [3.63, 3.8) is 0 Å². The molecular formula is C14H19N3O. The summed E-state index contributed by atoms with van der Waals surface area (Å²) < 4.78 is 0. The molecule has 0 saturated heterocycles. The van der Waals surface area contributed by atoms with E-state index in [0.717, 1.165) is 25.7 Å². The number of aliphatic hydroxyl groups excluding tert-OH is 1. The van der Waals surface area contributed by atoms with E-state index in [1.807, 2.05) is 0 Å². The van der Waals surface area contributed by atoms with Gasteiger partial charge < -0.3 is 5.11 Å². The van der Waals surface area contributed by atoms with E-state index in [4.69, 9.17) is 0 Å². The van der Waals surface area contributed by atoms with Gasteiger partial charge in [-0.1, -0.05) is 19.8 Å². The van der Waals surface area contributed by atoms with Gasteiger partial charge in [0.05, 0.1) is 17.2 Å². The maximum atomic E-state index is 10.5. The molecule has 1 N–H and O–H groups in total. The van der Waals surface area contributed by atoms with Gasteiger partial charge in [0.1, 0.15) is 11.9 Å². The Hall–Kier alpha value is -1.47. The largest absolute Gasteiger partial charge is 0.385 e. The summed E-state index contributed by atoms with van der Waals surface area (Å²) in [4.78, 5) is 8.28. The zero-order valence-corrected chi connectivity index (χ0v) is 10.9. The Morgan fingerprint density at radius 1 is 1.61 bits per heavy atom. The zero-order valence-electron chi connectivity index (χ0n) is 10.9. The standard InChI is InChI=1S/C14H19N3O/c1-10-4-3-6-14(8-10,9-15)13(18)12-5-7-16-11(2)17-12/h5,7,10,13,18H,3-4,6,8H2,1-2H3. The Labute approximate surface area is 108 Å². The van der Waals surface area contributed by atoms with Gasteiger partial charge in [0, 0.05) is 6.20 Å². The van der Waals surface area contributed by atoms with Crippen LogP contribution in [0.1, 0.15) is 50.2 Å². The molecule has 0 spiro atoms. The first-order chi connectivity index (χ1) is 8.57. The second-order valence-electron chi connectivity index (χ2n) is 5.40. The van der Waals surface area contributed by atoms with Gasteiger partial charge in [-0.15, -0.1) is 0 Å². The summed E-state index contributed by atoms with van der Waals surface area (Å²) in [5, 5.41) is 20.0. The van der Waals surface area contributed by atoms with E-state index >= 15 is 0 Å². The van der Waals surface area contributed by atoms with Crippen molar-refractivity contribution in [2.24, 2.45) is 11.3 Å². The van der Waals surface area contributed by atoms with E-state index in [0.29, 0.717) is 17.4 Å². The first-order valence-corrected chi connectivity index (χ1v) is 6.46. The van der Waals surface area contributed by atoms with Gasteiger partial charge >= 0.3 is 0 Å². The number of aryl methyl sites for hydroxylation is 1. The maximum Gasteiger partial charge on any atom is 0.125 e. The van der Waals surface area contributed by atoms with Crippen molar-refractivity contribution in [2.45, 2.75) is 45.6 Å². The molecule has 1 fully saturated rings. The van der Waals surface area contributed by atoms with E-state index in [1.165, 1.54) is 0 Å². The van der Waals surface area contributed by atoms with Crippen molar-refractivity contribution in [3.05, 3.63) is 23.8 Å². The third-order valence-corrected chi connectivity index (χ3v) is 3.86. The predicted octanol–water partition coefficient (Wildman–Crippen LogP) is 2.54. The van der Waals surface area contributed by atoms with Crippen LogP contribution >= 0.6 is 0 Å². The molecule has 96 valence electrons. The Morgan fingerprint density at radius 3 is 3.00 bits per heavy atom. The maximum absolute atomic E-state index is 10.5. The average molecular weight is 245 g/mol. The molecule has 2 rings (SSSR count). The van der Waals surface area contributed by atoms with Gasteiger partial charge in [-0.25, -0.2) is 9.97 Å².